The molecule has 0 radical (unpaired) electrons. The number of nitrogens with zero attached hydrogens (tertiary/aromatic N) is 2. The lowest BCUT2D eigenvalue weighted by atomic mass is 9.87. The summed E-state index contributed by atoms with van der Waals surface area (Å²) >= 11 is 0. The molecule has 5 aromatic rings. The third kappa shape index (κ3) is 3.27. The van der Waals surface area contributed by atoms with Gasteiger partial charge in [-0.05, 0) is 73.1 Å². The van der Waals surface area contributed by atoms with Crippen molar-refractivity contribution in [2.75, 3.05) is 0 Å². The van der Waals surface area contributed by atoms with Gasteiger partial charge < -0.3 is 0 Å². The van der Waals surface area contributed by atoms with Crippen molar-refractivity contribution in [2.45, 2.75) is 66.8 Å². The van der Waals surface area contributed by atoms with Gasteiger partial charge in [0.1, 0.15) is 11.7 Å². The number of hydrogen-bond donors (Lipinski definition) is 0. The fourth-order valence-electron chi connectivity index (χ4n) is 5.41. The molecule has 2 nitrogen and oxygen atoms in total. The van der Waals surface area contributed by atoms with Crippen LogP contribution in [0.25, 0.3) is 38.6 Å². The van der Waals surface area contributed by atoms with Gasteiger partial charge >= 0.3 is 0 Å². The van der Waals surface area contributed by atoms with Gasteiger partial charge in [-0.2, -0.15) is 4.40 Å². The molecule has 0 bridgehead atoms. The molecular weight excluding hydrogens is 400 g/mol. The summed E-state index contributed by atoms with van der Waals surface area (Å²) in [5, 5.41) is 3.97. The van der Waals surface area contributed by atoms with Gasteiger partial charge in [0.15, 0.2) is 5.69 Å². The van der Waals surface area contributed by atoms with Crippen molar-refractivity contribution in [1.29, 1.82) is 0 Å². The average Bonchev–Trinajstić information content (AvgIpc) is 3.19. The Morgan fingerprint density at radius 2 is 1.36 bits per heavy atom. The van der Waals surface area contributed by atoms with Crippen molar-refractivity contribution in [3.05, 3.63) is 83.0 Å². The second-order valence-electron chi connectivity index (χ2n) is 10.1. The lowest BCUT2D eigenvalue weighted by molar-refractivity contribution is -0.666. The summed E-state index contributed by atoms with van der Waals surface area (Å²) < 4.78 is 4.98. The highest BCUT2D eigenvalue weighted by Gasteiger charge is 2.28. The summed E-state index contributed by atoms with van der Waals surface area (Å²) in [6.45, 7) is 16.9. The van der Waals surface area contributed by atoms with E-state index < -0.39 is 0 Å². The first-order valence-electron chi connectivity index (χ1n) is 12.3. The van der Waals surface area contributed by atoms with Crippen molar-refractivity contribution in [2.24, 2.45) is 0 Å². The normalized spacial score (nSPS) is 12.2. The molecule has 168 valence electrons. The number of aromatic nitrogens is 2. The van der Waals surface area contributed by atoms with Crippen molar-refractivity contribution >= 4 is 27.3 Å². The van der Waals surface area contributed by atoms with Crippen molar-refractivity contribution in [1.82, 2.24) is 4.40 Å². The van der Waals surface area contributed by atoms with Crippen LogP contribution in [0.3, 0.4) is 0 Å². The van der Waals surface area contributed by atoms with Crippen LogP contribution in [0.1, 0.15) is 68.7 Å². The van der Waals surface area contributed by atoms with Gasteiger partial charge in [-0.1, -0.05) is 64.1 Å². The van der Waals surface area contributed by atoms with Crippen LogP contribution in [-0.2, 0) is 6.54 Å². The van der Waals surface area contributed by atoms with E-state index in [2.05, 4.69) is 118 Å². The average molecular weight is 436 g/mol. The topological polar surface area (TPSA) is 8.29 Å². The van der Waals surface area contributed by atoms with Gasteiger partial charge in [0.05, 0.1) is 11.9 Å². The van der Waals surface area contributed by atoms with Crippen LogP contribution in [0.2, 0.25) is 0 Å². The number of imidazole rings is 1. The number of aryl methyl sites for hydroxylation is 3. The van der Waals surface area contributed by atoms with E-state index in [9.17, 15) is 0 Å². The largest absolute Gasteiger partial charge is 0.295 e. The molecule has 0 aliphatic heterocycles. The Morgan fingerprint density at radius 1 is 0.758 bits per heavy atom. The molecule has 0 unspecified atom stereocenters. The molecule has 0 saturated carbocycles. The lowest BCUT2D eigenvalue weighted by Gasteiger charge is -2.18. The molecule has 2 aromatic heterocycles. The fraction of sp³-hybridized carbons (Fsp3) is 0.323. The lowest BCUT2D eigenvalue weighted by Crippen LogP contribution is -2.30. The molecule has 0 saturated heterocycles. The summed E-state index contributed by atoms with van der Waals surface area (Å²) in [7, 11) is 0. The number of pyridine rings is 1. The van der Waals surface area contributed by atoms with Gasteiger partial charge in [0.2, 0.25) is 0 Å². The molecule has 0 amide bonds. The van der Waals surface area contributed by atoms with Gasteiger partial charge in [-0.3, -0.25) is 0 Å². The quantitative estimate of drug-likeness (QED) is 0.199. The first kappa shape index (κ1) is 21.7. The number of rotatable bonds is 4. The van der Waals surface area contributed by atoms with Crippen LogP contribution in [0.5, 0.6) is 0 Å². The summed E-state index contributed by atoms with van der Waals surface area (Å²) in [6, 6.07) is 20.5. The van der Waals surface area contributed by atoms with Gasteiger partial charge in [0.25, 0.3) is 5.65 Å². The molecule has 0 N–H and O–H groups in total. The highest BCUT2D eigenvalue weighted by atomic mass is 15.1. The van der Waals surface area contributed by atoms with E-state index in [1.54, 1.807) is 0 Å². The Bertz CT molecular complexity index is 1490. The van der Waals surface area contributed by atoms with Crippen LogP contribution >= 0.6 is 0 Å². The third-order valence-corrected chi connectivity index (χ3v) is 7.28. The Morgan fingerprint density at radius 3 is 1.97 bits per heavy atom. The van der Waals surface area contributed by atoms with E-state index >= 15 is 0 Å². The smallest absolute Gasteiger partial charge is 0.229 e. The monoisotopic (exact) mass is 435 g/mol. The van der Waals surface area contributed by atoms with Crippen LogP contribution in [0, 0.1) is 13.8 Å². The van der Waals surface area contributed by atoms with Crippen LogP contribution in [0.4, 0.5) is 0 Å². The summed E-state index contributed by atoms with van der Waals surface area (Å²) in [6.07, 6.45) is 2.39. The molecule has 0 aliphatic carbocycles. The van der Waals surface area contributed by atoms with Crippen molar-refractivity contribution in [3.8, 4) is 11.3 Å². The predicted molar refractivity (Wildman–Crippen MR) is 141 cm³/mol. The zero-order valence-corrected chi connectivity index (χ0v) is 21.0. The van der Waals surface area contributed by atoms with Crippen molar-refractivity contribution < 1.29 is 4.57 Å². The van der Waals surface area contributed by atoms with E-state index in [-0.39, 0.29) is 0 Å². The van der Waals surface area contributed by atoms with E-state index in [1.165, 1.54) is 60.8 Å². The van der Waals surface area contributed by atoms with E-state index in [1.807, 2.05) is 0 Å². The van der Waals surface area contributed by atoms with Gasteiger partial charge in [-0.15, -0.1) is 0 Å². The Hall–Kier alpha value is -3.13. The first-order valence-corrected chi connectivity index (χ1v) is 12.3. The van der Waals surface area contributed by atoms with E-state index in [0.29, 0.717) is 11.8 Å². The maximum absolute atomic E-state index is 2.54. The molecule has 0 spiro atoms. The van der Waals surface area contributed by atoms with Crippen LogP contribution in [-0.4, -0.2) is 4.40 Å². The molecule has 5 rings (SSSR count). The molecule has 0 atom stereocenters. The fourth-order valence-corrected chi connectivity index (χ4v) is 5.41. The minimum Gasteiger partial charge on any atom is -0.229 e. The highest BCUT2D eigenvalue weighted by Crippen LogP contribution is 2.39. The second kappa shape index (κ2) is 8.02. The molecular formula is C31H35N2+. The first-order chi connectivity index (χ1) is 15.8. The summed E-state index contributed by atoms with van der Waals surface area (Å²) in [5.41, 5.74) is 10.8. The zero-order chi connectivity index (χ0) is 23.4. The Balaban J connectivity index is 2.09. The number of hydrogen-bond acceptors (Lipinski definition) is 0. The molecule has 33 heavy (non-hydrogen) atoms. The Labute approximate surface area is 197 Å². The maximum Gasteiger partial charge on any atom is 0.295 e. The van der Waals surface area contributed by atoms with Crippen LogP contribution < -0.4 is 4.57 Å². The summed E-state index contributed by atoms with van der Waals surface area (Å²) in [5.74, 6) is 0.907. The molecule has 2 heterocycles. The summed E-state index contributed by atoms with van der Waals surface area (Å²) in [4.78, 5) is 0. The molecule has 0 fully saturated rings. The van der Waals surface area contributed by atoms with Gasteiger partial charge in [0, 0.05) is 16.3 Å². The minimum absolute atomic E-state index is 0.454. The van der Waals surface area contributed by atoms with E-state index in [4.69, 9.17) is 0 Å². The standard InChI is InChI=1S/C31H35N2/c1-8-32-18-29(30-23(19(2)3)14-11-15-24(30)20(4)5)33-28-17-22(7)21(6)16-27(28)25-12-9-10-13-26(25)31(32)33/h9-20H,8H2,1-7H3/q+1. The number of fused-ring (bicyclic) bond motifs is 6. The van der Waals surface area contributed by atoms with Crippen molar-refractivity contribution in [3.63, 3.8) is 0 Å². The SMILES string of the molecule is CC[n+]1cc(-c2c(C(C)C)cccc2C(C)C)n2c3cc(C)c(C)cc3c3ccccc3c21. The van der Waals surface area contributed by atoms with Gasteiger partial charge in [-0.25, -0.2) is 4.57 Å². The highest BCUT2D eigenvalue weighted by molar-refractivity contribution is 6.12. The molecule has 2 heteroatoms. The Kier molecular flexibility index (Phi) is 5.28. The minimum atomic E-state index is 0.454. The molecule has 0 aliphatic rings. The van der Waals surface area contributed by atoms with E-state index in [0.717, 1.165) is 6.54 Å². The second-order valence-corrected chi connectivity index (χ2v) is 10.1. The third-order valence-electron chi connectivity index (χ3n) is 7.28. The maximum atomic E-state index is 2.54. The number of benzene rings is 3. The van der Waals surface area contributed by atoms with Crippen LogP contribution in [0.15, 0.2) is 60.8 Å². The zero-order valence-electron chi connectivity index (χ0n) is 21.0. The molecule has 3 aromatic carbocycles. The predicted octanol–water partition coefficient (Wildman–Crippen LogP) is 8.08.